The standard InChI is InChI=1S/C25H31N7O4/c1-34-20-5-2-4-19-22(20)29-17-32-16-25(30-23(19)32,36-11-3-8-31-9-12-35-13-10-31)15-28-24(33)18-6-7-21(26)27-14-18/h2,4-7,14,17H,3,8-13,15-16H2,1H3,(H2,26,27)(H,28,33). The molecular formula is C25H31N7O4. The number of amidine groups is 1. The lowest BCUT2D eigenvalue weighted by Crippen LogP contribution is -2.48. The van der Waals surface area contributed by atoms with Crippen molar-refractivity contribution in [1.82, 2.24) is 20.1 Å². The van der Waals surface area contributed by atoms with Crippen molar-refractivity contribution in [1.29, 1.82) is 0 Å². The van der Waals surface area contributed by atoms with Gasteiger partial charge >= 0.3 is 0 Å². The first-order valence-corrected chi connectivity index (χ1v) is 12.1. The van der Waals surface area contributed by atoms with Crippen LogP contribution in [0.2, 0.25) is 0 Å². The number of amides is 1. The van der Waals surface area contributed by atoms with Crippen LogP contribution in [0.3, 0.4) is 0 Å². The lowest BCUT2D eigenvalue weighted by atomic mass is 10.1. The topological polar surface area (TPSA) is 127 Å². The van der Waals surface area contributed by atoms with Gasteiger partial charge in [0.15, 0.2) is 5.72 Å². The molecule has 0 saturated carbocycles. The van der Waals surface area contributed by atoms with E-state index in [1.807, 2.05) is 23.1 Å². The Balaban J connectivity index is 1.33. The minimum absolute atomic E-state index is 0.195. The summed E-state index contributed by atoms with van der Waals surface area (Å²) in [4.78, 5) is 30.8. The summed E-state index contributed by atoms with van der Waals surface area (Å²) < 4.78 is 17.3. The second-order valence-electron chi connectivity index (χ2n) is 8.92. The Hall–Kier alpha value is -3.54. The number of fused-ring (bicyclic) bond motifs is 3. The third-order valence-electron chi connectivity index (χ3n) is 6.45. The molecule has 3 aliphatic rings. The molecule has 1 saturated heterocycles. The van der Waals surface area contributed by atoms with Crippen LogP contribution >= 0.6 is 0 Å². The van der Waals surface area contributed by atoms with Gasteiger partial charge in [0.2, 0.25) is 0 Å². The van der Waals surface area contributed by atoms with Crippen LogP contribution in [0.1, 0.15) is 22.3 Å². The maximum atomic E-state index is 12.8. The molecule has 11 heteroatoms. The first kappa shape index (κ1) is 24.2. The molecule has 0 spiro atoms. The summed E-state index contributed by atoms with van der Waals surface area (Å²) in [6.45, 7) is 5.45. The first-order chi connectivity index (χ1) is 17.6. The molecule has 1 aromatic heterocycles. The molecule has 4 heterocycles. The summed E-state index contributed by atoms with van der Waals surface area (Å²) in [5.41, 5.74) is 6.71. The van der Waals surface area contributed by atoms with E-state index >= 15 is 0 Å². The van der Waals surface area contributed by atoms with Crippen molar-refractivity contribution in [3.05, 3.63) is 47.7 Å². The van der Waals surface area contributed by atoms with Gasteiger partial charge in [-0.25, -0.2) is 15.0 Å². The van der Waals surface area contributed by atoms with Crippen molar-refractivity contribution in [2.45, 2.75) is 12.1 Å². The van der Waals surface area contributed by atoms with Gasteiger partial charge in [0, 0.05) is 31.4 Å². The van der Waals surface area contributed by atoms with Gasteiger partial charge in [0.25, 0.3) is 5.91 Å². The number of nitrogens with zero attached hydrogens (tertiary/aromatic N) is 5. The van der Waals surface area contributed by atoms with Crippen LogP contribution in [0.25, 0.3) is 0 Å². The number of ether oxygens (including phenoxy) is 3. The summed E-state index contributed by atoms with van der Waals surface area (Å²) in [6.07, 6.45) is 4.05. The number of hydrogen-bond acceptors (Lipinski definition) is 10. The number of carbonyl (C=O) groups excluding carboxylic acids is 1. The second kappa shape index (κ2) is 10.6. The van der Waals surface area contributed by atoms with E-state index in [9.17, 15) is 4.79 Å². The zero-order valence-electron chi connectivity index (χ0n) is 20.4. The lowest BCUT2D eigenvalue weighted by molar-refractivity contribution is -0.0387. The second-order valence-corrected chi connectivity index (χ2v) is 8.92. The molecule has 3 aliphatic heterocycles. The van der Waals surface area contributed by atoms with Gasteiger partial charge in [-0.05, 0) is 30.7 Å². The summed E-state index contributed by atoms with van der Waals surface area (Å²) in [5.74, 6) is 1.52. The largest absolute Gasteiger partial charge is 0.494 e. The molecule has 1 amide bonds. The molecule has 0 aliphatic carbocycles. The first-order valence-electron chi connectivity index (χ1n) is 12.1. The van der Waals surface area contributed by atoms with Gasteiger partial charge in [-0.2, -0.15) is 0 Å². The summed E-state index contributed by atoms with van der Waals surface area (Å²) in [7, 11) is 1.62. The molecule has 11 nitrogen and oxygen atoms in total. The van der Waals surface area contributed by atoms with E-state index in [1.165, 1.54) is 6.20 Å². The number of nitrogen functional groups attached to an aromatic ring is 1. The number of pyridine rings is 1. The quantitative estimate of drug-likeness (QED) is 0.500. The monoisotopic (exact) mass is 493 g/mol. The van der Waals surface area contributed by atoms with Gasteiger partial charge in [0.05, 0.1) is 51.9 Å². The van der Waals surface area contributed by atoms with E-state index in [2.05, 4.69) is 20.2 Å². The van der Waals surface area contributed by atoms with Crippen molar-refractivity contribution in [2.24, 2.45) is 9.98 Å². The fraction of sp³-hybridized carbons (Fsp3) is 0.440. The SMILES string of the molecule is COc1cccc2c1N=CN1CC(CNC(=O)c3ccc(N)nc3)(OCCCN3CCOCC3)N=C21. The highest BCUT2D eigenvalue weighted by Crippen LogP contribution is 2.37. The Bertz CT molecular complexity index is 1150. The van der Waals surface area contributed by atoms with Gasteiger partial charge in [-0.1, -0.05) is 6.07 Å². The molecule has 36 heavy (non-hydrogen) atoms. The highest BCUT2D eigenvalue weighted by Gasteiger charge is 2.42. The van der Waals surface area contributed by atoms with Crippen molar-refractivity contribution in [3.63, 3.8) is 0 Å². The van der Waals surface area contributed by atoms with E-state index in [1.54, 1.807) is 25.6 Å². The van der Waals surface area contributed by atoms with Crippen LogP contribution in [0.15, 0.2) is 46.5 Å². The molecule has 1 aromatic carbocycles. The Labute approximate surface area is 210 Å². The molecule has 5 rings (SSSR count). The normalized spacial score (nSPS) is 21.0. The van der Waals surface area contributed by atoms with E-state index in [0.717, 1.165) is 56.4 Å². The van der Waals surface area contributed by atoms with Crippen LogP contribution in [0.5, 0.6) is 5.75 Å². The summed E-state index contributed by atoms with van der Waals surface area (Å²) in [5, 5.41) is 2.97. The molecule has 1 atom stereocenters. The van der Waals surface area contributed by atoms with Crippen molar-refractivity contribution in [2.75, 3.05) is 65.4 Å². The third kappa shape index (κ3) is 5.18. The number of rotatable bonds is 9. The molecule has 0 bridgehead atoms. The summed E-state index contributed by atoms with van der Waals surface area (Å²) >= 11 is 0. The Morgan fingerprint density at radius 1 is 1.25 bits per heavy atom. The molecule has 1 unspecified atom stereocenters. The molecule has 1 fully saturated rings. The number of benzene rings is 1. The average molecular weight is 494 g/mol. The van der Waals surface area contributed by atoms with Crippen molar-refractivity contribution in [3.8, 4) is 5.75 Å². The van der Waals surface area contributed by atoms with Crippen LogP contribution in [0, 0.1) is 0 Å². The van der Waals surface area contributed by atoms with E-state index in [-0.39, 0.29) is 12.5 Å². The summed E-state index contributed by atoms with van der Waals surface area (Å²) in [6, 6.07) is 9.00. The van der Waals surface area contributed by atoms with Crippen LogP contribution in [-0.4, -0.2) is 98.2 Å². The number of hydrogen-bond donors (Lipinski definition) is 2. The molecule has 3 N–H and O–H groups in total. The minimum Gasteiger partial charge on any atom is -0.494 e. The zero-order chi connectivity index (χ0) is 25.0. The molecule has 190 valence electrons. The average Bonchev–Trinajstić information content (AvgIpc) is 3.30. The number of morpholine rings is 1. The third-order valence-corrected chi connectivity index (χ3v) is 6.45. The number of anilines is 1. The fourth-order valence-electron chi connectivity index (χ4n) is 4.53. The smallest absolute Gasteiger partial charge is 0.253 e. The molecular weight excluding hydrogens is 462 g/mol. The highest BCUT2D eigenvalue weighted by molar-refractivity contribution is 6.12. The Morgan fingerprint density at radius 3 is 2.89 bits per heavy atom. The Kier molecular flexibility index (Phi) is 7.12. The van der Waals surface area contributed by atoms with Crippen LogP contribution in [0.4, 0.5) is 11.5 Å². The number of nitrogens with two attached hydrogens (primary N) is 1. The number of carbonyl (C=O) groups is 1. The van der Waals surface area contributed by atoms with Gasteiger partial charge in [-0.15, -0.1) is 0 Å². The number of aliphatic imine (C=N–C) groups is 2. The van der Waals surface area contributed by atoms with E-state index < -0.39 is 5.72 Å². The van der Waals surface area contributed by atoms with Gasteiger partial charge < -0.3 is 30.2 Å². The molecule has 0 radical (unpaired) electrons. The zero-order valence-corrected chi connectivity index (χ0v) is 20.4. The van der Waals surface area contributed by atoms with E-state index in [4.69, 9.17) is 24.9 Å². The number of aromatic nitrogens is 1. The number of methoxy groups -OCH3 is 1. The highest BCUT2D eigenvalue weighted by atomic mass is 16.5. The minimum atomic E-state index is -0.964. The fourth-order valence-corrected chi connectivity index (χ4v) is 4.53. The molecule has 2 aromatic rings. The number of nitrogens with one attached hydrogen (secondary N) is 1. The van der Waals surface area contributed by atoms with E-state index in [0.29, 0.717) is 30.3 Å². The van der Waals surface area contributed by atoms with Crippen molar-refractivity contribution >= 4 is 29.6 Å². The Morgan fingerprint density at radius 2 is 2.11 bits per heavy atom. The maximum Gasteiger partial charge on any atom is 0.253 e. The predicted octanol–water partition coefficient (Wildman–Crippen LogP) is 1.27. The van der Waals surface area contributed by atoms with Gasteiger partial charge in [-0.3, -0.25) is 9.69 Å². The lowest BCUT2D eigenvalue weighted by Gasteiger charge is -2.29. The number of para-hydroxylation sites is 1. The van der Waals surface area contributed by atoms with Crippen LogP contribution in [-0.2, 0) is 9.47 Å². The van der Waals surface area contributed by atoms with Crippen molar-refractivity contribution < 1.29 is 19.0 Å². The van der Waals surface area contributed by atoms with Gasteiger partial charge in [0.1, 0.15) is 23.1 Å². The van der Waals surface area contributed by atoms with Crippen LogP contribution < -0.4 is 15.8 Å². The predicted molar refractivity (Wildman–Crippen MR) is 136 cm³/mol. The maximum absolute atomic E-state index is 12.8.